The number of carbonyl (C=O) groups is 3. The number of nitrogens with two attached hydrogens (primary N) is 1. The highest BCUT2D eigenvalue weighted by Crippen LogP contribution is 2.32. The molecule has 6 rings (SSSR count). The highest BCUT2D eigenvalue weighted by Gasteiger charge is 2.39. The number of carbonyl (C=O) groups excluding carboxylic acids is 3. The van der Waals surface area contributed by atoms with E-state index in [-0.39, 0.29) is 23.6 Å². The Kier molecular flexibility index (Phi) is 6.78. The molecule has 3 aliphatic rings. The van der Waals surface area contributed by atoms with Crippen molar-refractivity contribution in [3.63, 3.8) is 0 Å². The predicted octanol–water partition coefficient (Wildman–Crippen LogP) is 3.79. The summed E-state index contributed by atoms with van der Waals surface area (Å²) in [5.74, 6) is -0.272. The van der Waals surface area contributed by atoms with Gasteiger partial charge in [0.2, 0.25) is 11.8 Å². The van der Waals surface area contributed by atoms with Gasteiger partial charge >= 0.3 is 0 Å². The van der Waals surface area contributed by atoms with Crippen LogP contribution in [0.5, 0.6) is 0 Å². The molecule has 7 nitrogen and oxygen atoms in total. The lowest BCUT2D eigenvalue weighted by atomic mass is 9.92. The number of primary amides is 1. The maximum Gasteiger partial charge on any atom is 0.255 e. The lowest BCUT2D eigenvalue weighted by Crippen LogP contribution is -2.53. The van der Waals surface area contributed by atoms with Gasteiger partial charge in [-0.3, -0.25) is 19.3 Å². The Morgan fingerprint density at radius 1 is 0.763 bits per heavy atom. The summed E-state index contributed by atoms with van der Waals surface area (Å²) in [5.41, 5.74) is 6.37. The van der Waals surface area contributed by atoms with Gasteiger partial charge in [-0.1, -0.05) is 48.5 Å². The van der Waals surface area contributed by atoms with Crippen LogP contribution in [0.1, 0.15) is 48.9 Å². The Balaban J connectivity index is 1.14. The second kappa shape index (κ2) is 10.4. The average Bonchev–Trinajstić information content (AvgIpc) is 3.46. The minimum Gasteiger partial charge on any atom is -0.368 e. The number of fused-ring (bicyclic) bond motifs is 2. The Bertz CT molecular complexity index is 1330. The van der Waals surface area contributed by atoms with E-state index in [9.17, 15) is 14.4 Å². The van der Waals surface area contributed by atoms with Crippen LogP contribution >= 0.6 is 0 Å². The summed E-state index contributed by atoms with van der Waals surface area (Å²) in [5, 5.41) is 4.19. The molecule has 0 spiro atoms. The Labute approximate surface area is 223 Å². The SMILES string of the molecule is NC(=O)C1CCCN1C(=O)C1CCCN(C2CCN(C(=O)c3c4ccccc4cc4ccccc34)CC2)C1. The van der Waals surface area contributed by atoms with Crippen LogP contribution < -0.4 is 5.73 Å². The molecule has 2 N–H and O–H groups in total. The largest absolute Gasteiger partial charge is 0.368 e. The molecule has 0 radical (unpaired) electrons. The van der Waals surface area contributed by atoms with Gasteiger partial charge < -0.3 is 15.5 Å². The van der Waals surface area contributed by atoms with Crippen molar-refractivity contribution in [2.75, 3.05) is 32.7 Å². The molecule has 3 aromatic carbocycles. The first-order valence-corrected chi connectivity index (χ1v) is 14.0. The van der Waals surface area contributed by atoms with Crippen molar-refractivity contribution in [2.45, 2.75) is 50.6 Å². The topological polar surface area (TPSA) is 86.9 Å². The third-order valence-electron chi connectivity index (χ3n) is 8.92. The van der Waals surface area contributed by atoms with E-state index < -0.39 is 6.04 Å². The van der Waals surface area contributed by atoms with Crippen LogP contribution in [0, 0.1) is 5.92 Å². The number of benzene rings is 3. The van der Waals surface area contributed by atoms with Crippen molar-refractivity contribution in [1.29, 1.82) is 0 Å². The molecule has 0 bridgehead atoms. The molecule has 198 valence electrons. The van der Waals surface area contributed by atoms with E-state index in [2.05, 4.69) is 35.2 Å². The van der Waals surface area contributed by atoms with Crippen molar-refractivity contribution >= 4 is 39.3 Å². The molecule has 0 aromatic heterocycles. The number of hydrogen-bond acceptors (Lipinski definition) is 4. The minimum atomic E-state index is -0.447. The lowest BCUT2D eigenvalue weighted by Gasteiger charge is -2.42. The number of likely N-dealkylation sites (tertiary alicyclic amines) is 3. The summed E-state index contributed by atoms with van der Waals surface area (Å²) in [6.07, 6.45) is 5.17. The van der Waals surface area contributed by atoms with Gasteiger partial charge in [-0.15, -0.1) is 0 Å². The van der Waals surface area contributed by atoms with Crippen molar-refractivity contribution in [3.8, 4) is 0 Å². The first kappa shape index (κ1) is 24.9. The molecule has 0 saturated carbocycles. The van der Waals surface area contributed by atoms with E-state index in [4.69, 9.17) is 5.73 Å². The van der Waals surface area contributed by atoms with Crippen LogP contribution in [-0.4, -0.2) is 77.2 Å². The number of piperidine rings is 2. The summed E-state index contributed by atoms with van der Waals surface area (Å²) in [7, 11) is 0. The molecular formula is C31H36N4O3. The van der Waals surface area contributed by atoms with Crippen LogP contribution in [0.3, 0.4) is 0 Å². The van der Waals surface area contributed by atoms with Crippen LogP contribution in [0.2, 0.25) is 0 Å². The predicted molar refractivity (Wildman–Crippen MR) is 149 cm³/mol. The summed E-state index contributed by atoms with van der Waals surface area (Å²) < 4.78 is 0. The summed E-state index contributed by atoms with van der Waals surface area (Å²) >= 11 is 0. The van der Waals surface area contributed by atoms with E-state index in [1.807, 2.05) is 29.2 Å². The highest BCUT2D eigenvalue weighted by atomic mass is 16.2. The van der Waals surface area contributed by atoms with Crippen molar-refractivity contribution in [3.05, 3.63) is 60.2 Å². The molecule has 38 heavy (non-hydrogen) atoms. The average molecular weight is 513 g/mol. The second-order valence-corrected chi connectivity index (χ2v) is 11.1. The fourth-order valence-corrected chi connectivity index (χ4v) is 6.94. The van der Waals surface area contributed by atoms with Crippen LogP contribution in [0.25, 0.3) is 21.5 Å². The Morgan fingerprint density at radius 2 is 1.39 bits per heavy atom. The molecule has 3 fully saturated rings. The van der Waals surface area contributed by atoms with Crippen molar-refractivity contribution in [1.82, 2.24) is 14.7 Å². The third kappa shape index (κ3) is 4.53. The second-order valence-electron chi connectivity index (χ2n) is 11.1. The normalized spacial score (nSPS) is 23.3. The van der Waals surface area contributed by atoms with E-state index in [1.165, 1.54) is 0 Å². The molecule has 0 aliphatic carbocycles. The molecule has 7 heteroatoms. The summed E-state index contributed by atoms with van der Waals surface area (Å²) in [6.45, 7) is 3.77. The fourth-order valence-electron chi connectivity index (χ4n) is 6.94. The molecule has 3 amide bonds. The van der Waals surface area contributed by atoms with Gasteiger partial charge in [-0.2, -0.15) is 0 Å². The number of rotatable bonds is 4. The maximum atomic E-state index is 13.9. The van der Waals surface area contributed by atoms with Gasteiger partial charge in [-0.25, -0.2) is 0 Å². The van der Waals surface area contributed by atoms with Crippen molar-refractivity contribution in [2.24, 2.45) is 11.7 Å². The zero-order valence-corrected chi connectivity index (χ0v) is 21.9. The molecule has 3 aliphatic heterocycles. The lowest BCUT2D eigenvalue weighted by molar-refractivity contribution is -0.142. The van der Waals surface area contributed by atoms with E-state index in [0.717, 1.165) is 72.3 Å². The van der Waals surface area contributed by atoms with Gasteiger partial charge in [0.25, 0.3) is 5.91 Å². The molecular weight excluding hydrogens is 476 g/mol. The smallest absolute Gasteiger partial charge is 0.255 e. The quantitative estimate of drug-likeness (QED) is 0.539. The van der Waals surface area contributed by atoms with Crippen LogP contribution in [0.4, 0.5) is 0 Å². The number of nitrogens with zero attached hydrogens (tertiary/aromatic N) is 3. The van der Waals surface area contributed by atoms with Gasteiger partial charge in [-0.05, 0) is 72.7 Å². The van der Waals surface area contributed by atoms with E-state index >= 15 is 0 Å². The molecule has 3 saturated heterocycles. The third-order valence-corrected chi connectivity index (χ3v) is 8.92. The van der Waals surface area contributed by atoms with Crippen LogP contribution in [-0.2, 0) is 9.59 Å². The molecule has 2 unspecified atom stereocenters. The van der Waals surface area contributed by atoms with Crippen LogP contribution in [0.15, 0.2) is 54.6 Å². The number of hydrogen-bond donors (Lipinski definition) is 1. The Morgan fingerprint density at radius 3 is 2.05 bits per heavy atom. The first-order valence-electron chi connectivity index (χ1n) is 14.0. The highest BCUT2D eigenvalue weighted by molar-refractivity contribution is 6.18. The minimum absolute atomic E-state index is 0.0783. The summed E-state index contributed by atoms with van der Waals surface area (Å²) in [4.78, 5) is 45.2. The fraction of sp³-hybridized carbons (Fsp3) is 0.452. The standard InChI is InChI=1S/C31H36N4O3/c32-29(36)27-12-6-16-35(27)30(37)23-9-5-15-34(20-23)24-13-17-33(18-14-24)31(38)28-25-10-3-1-7-21(25)19-22-8-2-4-11-26(22)28/h1-4,7-8,10-11,19,23-24,27H,5-6,9,12-18,20H2,(H2,32,36). The Hall–Kier alpha value is -3.45. The number of amides is 3. The van der Waals surface area contributed by atoms with E-state index in [1.54, 1.807) is 4.90 Å². The first-order chi connectivity index (χ1) is 18.5. The van der Waals surface area contributed by atoms with Gasteiger partial charge in [0.1, 0.15) is 6.04 Å². The molecule has 2 atom stereocenters. The monoisotopic (exact) mass is 512 g/mol. The van der Waals surface area contributed by atoms with Crippen molar-refractivity contribution < 1.29 is 14.4 Å². The maximum absolute atomic E-state index is 13.9. The van der Waals surface area contributed by atoms with Gasteiger partial charge in [0.15, 0.2) is 0 Å². The molecule has 3 heterocycles. The van der Waals surface area contributed by atoms with Gasteiger partial charge in [0, 0.05) is 32.2 Å². The zero-order chi connectivity index (χ0) is 26.2. The van der Waals surface area contributed by atoms with Gasteiger partial charge in [0.05, 0.1) is 11.5 Å². The summed E-state index contributed by atoms with van der Waals surface area (Å²) in [6, 6.07) is 18.4. The molecule has 3 aromatic rings. The zero-order valence-electron chi connectivity index (χ0n) is 21.9. The van der Waals surface area contributed by atoms with E-state index in [0.29, 0.717) is 32.1 Å².